The number of ether oxygens (including phenoxy) is 1. The molecule has 0 spiro atoms. The standard InChI is InChI=1S/C25H21ClN6O2S/c26-19-11-15(4-7-21(19)34-13-16-3-1-2-8-27-16)31-24-22-17-5-6-20-18(12-30-32(20)9-10-33)23(17)35-25(22)29-14-28-24/h1-4,7-8,11-12,14,33H,5-6,9-10,13H2,(H,28,29,31). The van der Waals surface area contributed by atoms with E-state index in [2.05, 4.69) is 25.4 Å². The highest BCUT2D eigenvalue weighted by molar-refractivity contribution is 7.22. The van der Waals surface area contributed by atoms with Crippen LogP contribution in [0.25, 0.3) is 20.7 Å². The Balaban J connectivity index is 1.28. The van der Waals surface area contributed by atoms with Gasteiger partial charge in [0.15, 0.2) is 0 Å². The molecule has 2 N–H and O–H groups in total. The van der Waals surface area contributed by atoms with E-state index in [0.717, 1.165) is 51.5 Å². The second kappa shape index (κ2) is 9.26. The molecule has 0 amide bonds. The van der Waals surface area contributed by atoms with Gasteiger partial charge in [-0.1, -0.05) is 17.7 Å². The van der Waals surface area contributed by atoms with E-state index >= 15 is 0 Å². The van der Waals surface area contributed by atoms with Crippen LogP contribution >= 0.6 is 22.9 Å². The molecule has 10 heteroatoms. The number of fused-ring (bicyclic) bond motifs is 5. The molecule has 0 bridgehead atoms. The number of nitrogens with one attached hydrogen (secondary N) is 1. The van der Waals surface area contributed by atoms with Crippen molar-refractivity contribution in [3.05, 3.63) is 77.1 Å². The fraction of sp³-hybridized carbons (Fsp3) is 0.200. The lowest BCUT2D eigenvalue weighted by molar-refractivity contribution is 0.267. The molecule has 1 aromatic carbocycles. The summed E-state index contributed by atoms with van der Waals surface area (Å²) >= 11 is 8.17. The van der Waals surface area contributed by atoms with Gasteiger partial charge < -0.3 is 15.2 Å². The minimum atomic E-state index is 0.0719. The van der Waals surface area contributed by atoms with E-state index in [1.165, 1.54) is 10.4 Å². The number of benzene rings is 1. The monoisotopic (exact) mass is 504 g/mol. The molecule has 176 valence electrons. The molecule has 0 saturated carbocycles. The first-order valence-corrected chi connectivity index (χ1v) is 12.4. The van der Waals surface area contributed by atoms with Gasteiger partial charge in [-0.05, 0) is 48.7 Å². The van der Waals surface area contributed by atoms with Crippen LogP contribution in [-0.2, 0) is 26.0 Å². The van der Waals surface area contributed by atoms with Gasteiger partial charge in [0, 0.05) is 28.0 Å². The van der Waals surface area contributed by atoms with Crippen LogP contribution in [0.2, 0.25) is 5.02 Å². The molecule has 0 unspecified atom stereocenters. The van der Waals surface area contributed by atoms with E-state index in [-0.39, 0.29) is 6.61 Å². The molecule has 0 atom stereocenters. The van der Waals surface area contributed by atoms with Crippen LogP contribution in [0.4, 0.5) is 11.5 Å². The summed E-state index contributed by atoms with van der Waals surface area (Å²) in [5, 5.41) is 18.8. The molecule has 1 aliphatic rings. The maximum atomic E-state index is 9.34. The van der Waals surface area contributed by atoms with E-state index in [0.29, 0.717) is 23.9 Å². The van der Waals surface area contributed by atoms with Gasteiger partial charge in [0.2, 0.25) is 0 Å². The smallest absolute Gasteiger partial charge is 0.142 e. The maximum Gasteiger partial charge on any atom is 0.142 e. The Morgan fingerprint density at radius 1 is 1.14 bits per heavy atom. The number of aryl methyl sites for hydroxylation is 1. The molecule has 6 rings (SSSR count). The predicted molar refractivity (Wildman–Crippen MR) is 136 cm³/mol. The normalized spacial score (nSPS) is 12.4. The molecule has 0 radical (unpaired) electrons. The Hall–Kier alpha value is -3.53. The van der Waals surface area contributed by atoms with Crippen molar-refractivity contribution < 1.29 is 9.84 Å². The molecule has 1 aliphatic carbocycles. The molecule has 0 aliphatic heterocycles. The second-order valence-electron chi connectivity index (χ2n) is 8.14. The number of aromatic nitrogens is 5. The molecule has 35 heavy (non-hydrogen) atoms. The van der Waals surface area contributed by atoms with E-state index in [4.69, 9.17) is 16.3 Å². The lowest BCUT2D eigenvalue weighted by atomic mass is 9.95. The maximum absolute atomic E-state index is 9.34. The molecular weight excluding hydrogens is 484 g/mol. The lowest BCUT2D eigenvalue weighted by Gasteiger charge is -2.15. The summed E-state index contributed by atoms with van der Waals surface area (Å²) in [6, 6.07) is 11.3. The van der Waals surface area contributed by atoms with Gasteiger partial charge in [0.25, 0.3) is 0 Å². The Labute approximate surface area is 210 Å². The quantitative estimate of drug-likeness (QED) is 0.321. The highest BCUT2D eigenvalue weighted by Gasteiger charge is 2.26. The average molecular weight is 505 g/mol. The van der Waals surface area contributed by atoms with Gasteiger partial charge in [-0.15, -0.1) is 11.3 Å². The Morgan fingerprint density at radius 3 is 2.91 bits per heavy atom. The van der Waals surface area contributed by atoms with E-state index < -0.39 is 0 Å². The number of hydrogen-bond acceptors (Lipinski definition) is 8. The molecule has 8 nitrogen and oxygen atoms in total. The van der Waals surface area contributed by atoms with Gasteiger partial charge in [0.05, 0.1) is 35.5 Å². The zero-order chi connectivity index (χ0) is 23.8. The van der Waals surface area contributed by atoms with Crippen molar-refractivity contribution in [1.82, 2.24) is 24.7 Å². The van der Waals surface area contributed by atoms with Crippen LogP contribution < -0.4 is 10.1 Å². The molecule has 0 saturated heterocycles. The molecular formula is C25H21ClN6O2S. The number of pyridine rings is 1. The van der Waals surface area contributed by atoms with Crippen LogP contribution in [0.5, 0.6) is 5.75 Å². The topological polar surface area (TPSA) is 98.0 Å². The van der Waals surface area contributed by atoms with Crippen molar-refractivity contribution in [1.29, 1.82) is 0 Å². The van der Waals surface area contributed by atoms with Crippen LogP contribution in [0.15, 0.2) is 55.1 Å². The highest BCUT2D eigenvalue weighted by atomic mass is 35.5. The van der Waals surface area contributed by atoms with Crippen molar-refractivity contribution in [2.45, 2.75) is 26.0 Å². The minimum Gasteiger partial charge on any atom is -0.486 e. The summed E-state index contributed by atoms with van der Waals surface area (Å²) in [6.07, 6.45) is 6.93. The van der Waals surface area contributed by atoms with Crippen molar-refractivity contribution in [3.63, 3.8) is 0 Å². The van der Waals surface area contributed by atoms with Crippen molar-refractivity contribution in [3.8, 4) is 16.2 Å². The first-order chi connectivity index (χ1) is 17.2. The summed E-state index contributed by atoms with van der Waals surface area (Å²) in [4.78, 5) is 15.5. The molecule has 0 fully saturated rings. The lowest BCUT2D eigenvalue weighted by Crippen LogP contribution is -2.11. The average Bonchev–Trinajstić information content (AvgIpc) is 3.46. The van der Waals surface area contributed by atoms with Crippen molar-refractivity contribution in [2.24, 2.45) is 0 Å². The summed E-state index contributed by atoms with van der Waals surface area (Å²) in [6.45, 7) is 0.921. The molecule has 4 aromatic heterocycles. The Morgan fingerprint density at radius 2 is 2.09 bits per heavy atom. The number of halogens is 1. The van der Waals surface area contributed by atoms with Crippen LogP contribution in [0.3, 0.4) is 0 Å². The summed E-state index contributed by atoms with van der Waals surface area (Å²) in [5.74, 6) is 1.34. The largest absolute Gasteiger partial charge is 0.486 e. The number of anilines is 2. The summed E-state index contributed by atoms with van der Waals surface area (Å²) in [7, 11) is 0. The minimum absolute atomic E-state index is 0.0719. The van der Waals surface area contributed by atoms with Crippen molar-refractivity contribution >= 4 is 44.7 Å². The van der Waals surface area contributed by atoms with Crippen LogP contribution in [0.1, 0.15) is 17.0 Å². The summed E-state index contributed by atoms with van der Waals surface area (Å²) in [5.41, 5.74) is 5.15. The highest BCUT2D eigenvalue weighted by Crippen LogP contribution is 2.45. The third-order valence-electron chi connectivity index (χ3n) is 6.00. The van der Waals surface area contributed by atoms with Gasteiger partial charge in [0.1, 0.15) is 29.3 Å². The first-order valence-electron chi connectivity index (χ1n) is 11.2. The summed E-state index contributed by atoms with van der Waals surface area (Å²) < 4.78 is 7.74. The second-order valence-corrected chi connectivity index (χ2v) is 9.55. The van der Waals surface area contributed by atoms with Crippen molar-refractivity contribution in [2.75, 3.05) is 11.9 Å². The van der Waals surface area contributed by atoms with Crippen LogP contribution in [-0.4, -0.2) is 36.4 Å². The predicted octanol–water partition coefficient (Wildman–Crippen LogP) is 5.02. The van der Waals surface area contributed by atoms with E-state index in [9.17, 15) is 5.11 Å². The number of rotatable bonds is 7. The van der Waals surface area contributed by atoms with Gasteiger partial charge >= 0.3 is 0 Å². The zero-order valence-electron chi connectivity index (χ0n) is 18.6. The number of nitrogens with zero attached hydrogens (tertiary/aromatic N) is 5. The van der Waals surface area contributed by atoms with Crippen LogP contribution in [0, 0.1) is 0 Å². The number of thiophene rings is 1. The fourth-order valence-electron chi connectivity index (χ4n) is 4.40. The molecule has 4 heterocycles. The van der Waals surface area contributed by atoms with Gasteiger partial charge in [-0.25, -0.2) is 9.97 Å². The fourth-order valence-corrected chi connectivity index (χ4v) is 5.86. The third-order valence-corrected chi connectivity index (χ3v) is 7.47. The van der Waals surface area contributed by atoms with E-state index in [1.54, 1.807) is 23.9 Å². The van der Waals surface area contributed by atoms with Gasteiger partial charge in [-0.2, -0.15) is 5.10 Å². The van der Waals surface area contributed by atoms with E-state index in [1.807, 2.05) is 47.3 Å². The van der Waals surface area contributed by atoms with Gasteiger partial charge in [-0.3, -0.25) is 9.67 Å². The number of aliphatic hydroxyl groups is 1. The molecule has 5 aromatic rings. The zero-order valence-corrected chi connectivity index (χ0v) is 20.2. The Kier molecular flexibility index (Phi) is 5.81. The number of hydrogen-bond donors (Lipinski definition) is 2. The SMILES string of the molecule is OCCn1ncc2c1CCc1c-2sc2ncnc(Nc3ccc(OCc4ccccn4)c(Cl)c3)c12. The Bertz CT molecular complexity index is 1520. The third kappa shape index (κ3) is 4.12. The first kappa shape index (κ1) is 22.0. The number of aliphatic hydroxyl groups excluding tert-OH is 1.